The highest BCUT2D eigenvalue weighted by molar-refractivity contribution is 6.35. The van der Waals surface area contributed by atoms with Gasteiger partial charge in [-0.25, -0.2) is 0 Å². The fourth-order valence-electron chi connectivity index (χ4n) is 4.01. The molecule has 1 aromatic rings. The minimum Gasteiger partial charge on any atom is -0.460 e. The molecule has 0 aromatic heterocycles. The van der Waals surface area contributed by atoms with Crippen LogP contribution in [-0.4, -0.2) is 43.0 Å². The van der Waals surface area contributed by atoms with Gasteiger partial charge in [0, 0.05) is 43.2 Å². The molecule has 0 saturated carbocycles. The van der Waals surface area contributed by atoms with Gasteiger partial charge in [0.1, 0.15) is 5.76 Å². The van der Waals surface area contributed by atoms with Gasteiger partial charge in [0.05, 0.1) is 11.1 Å². The standard InChI is InChI=1S/C18H22Cl2N2O/c1-21-6-8-22(9-7-21)17-13-4-2-3-5-16(13)23-18-14(17)10-12(19)11-15(18)20/h10-11,17H,2-9H2,1H3. The van der Waals surface area contributed by atoms with Crippen molar-refractivity contribution in [3.8, 4) is 5.75 Å². The maximum absolute atomic E-state index is 6.45. The van der Waals surface area contributed by atoms with E-state index < -0.39 is 0 Å². The van der Waals surface area contributed by atoms with Gasteiger partial charge in [-0.3, -0.25) is 4.90 Å². The highest BCUT2D eigenvalue weighted by Crippen LogP contribution is 2.49. The largest absolute Gasteiger partial charge is 0.460 e. The maximum Gasteiger partial charge on any atom is 0.150 e. The number of hydrogen-bond donors (Lipinski definition) is 0. The first-order valence-corrected chi connectivity index (χ1v) is 9.20. The lowest BCUT2D eigenvalue weighted by atomic mass is 9.85. The van der Waals surface area contributed by atoms with Gasteiger partial charge < -0.3 is 9.64 Å². The second-order valence-corrected chi connectivity index (χ2v) is 7.65. The zero-order valence-corrected chi connectivity index (χ0v) is 15.0. The van der Waals surface area contributed by atoms with E-state index in [0.29, 0.717) is 10.0 Å². The molecular formula is C18H22Cl2N2O. The van der Waals surface area contributed by atoms with Crippen LogP contribution in [0.25, 0.3) is 0 Å². The van der Waals surface area contributed by atoms with E-state index in [-0.39, 0.29) is 6.04 Å². The summed E-state index contributed by atoms with van der Waals surface area (Å²) in [7, 11) is 2.19. The first kappa shape index (κ1) is 15.8. The van der Waals surface area contributed by atoms with E-state index >= 15 is 0 Å². The predicted octanol–water partition coefficient (Wildman–Crippen LogP) is 4.50. The van der Waals surface area contributed by atoms with Crippen LogP contribution in [0.1, 0.15) is 37.3 Å². The Morgan fingerprint density at radius 2 is 1.78 bits per heavy atom. The van der Waals surface area contributed by atoms with Crippen LogP contribution in [-0.2, 0) is 0 Å². The lowest BCUT2D eigenvalue weighted by Gasteiger charge is -2.43. The molecule has 124 valence electrons. The smallest absolute Gasteiger partial charge is 0.150 e. The fraction of sp³-hybridized carbons (Fsp3) is 0.556. The molecule has 0 spiro atoms. The third-order valence-corrected chi connectivity index (χ3v) is 5.75. The number of hydrogen-bond acceptors (Lipinski definition) is 3. The Morgan fingerprint density at radius 3 is 2.57 bits per heavy atom. The number of rotatable bonds is 1. The Morgan fingerprint density at radius 1 is 1.04 bits per heavy atom. The van der Waals surface area contributed by atoms with Crippen molar-refractivity contribution in [3.63, 3.8) is 0 Å². The molecule has 5 heteroatoms. The first-order chi connectivity index (χ1) is 11.1. The van der Waals surface area contributed by atoms with Gasteiger partial charge in [0.15, 0.2) is 5.75 Å². The van der Waals surface area contributed by atoms with Crippen LogP contribution in [0.4, 0.5) is 0 Å². The summed E-state index contributed by atoms with van der Waals surface area (Å²) in [5.74, 6) is 1.97. The number of halogens is 2. The molecule has 1 unspecified atom stereocenters. The van der Waals surface area contributed by atoms with Crippen molar-refractivity contribution in [1.29, 1.82) is 0 Å². The molecule has 1 saturated heterocycles. The van der Waals surface area contributed by atoms with Crippen molar-refractivity contribution in [3.05, 3.63) is 39.1 Å². The molecule has 1 aromatic carbocycles. The van der Waals surface area contributed by atoms with E-state index in [1.54, 1.807) is 6.07 Å². The number of benzene rings is 1. The Hall–Kier alpha value is -0.740. The van der Waals surface area contributed by atoms with E-state index in [9.17, 15) is 0 Å². The average molecular weight is 353 g/mol. The summed E-state index contributed by atoms with van der Waals surface area (Å²) in [5, 5.41) is 1.32. The Labute approximate surface area is 147 Å². The minimum absolute atomic E-state index is 0.277. The van der Waals surface area contributed by atoms with E-state index in [0.717, 1.165) is 56.1 Å². The van der Waals surface area contributed by atoms with Crippen LogP contribution in [0, 0.1) is 0 Å². The van der Waals surface area contributed by atoms with Crippen molar-refractivity contribution in [1.82, 2.24) is 9.80 Å². The van der Waals surface area contributed by atoms with E-state index in [1.165, 1.54) is 18.4 Å². The van der Waals surface area contributed by atoms with Gasteiger partial charge in [-0.15, -0.1) is 0 Å². The van der Waals surface area contributed by atoms with Crippen molar-refractivity contribution in [2.24, 2.45) is 0 Å². The van der Waals surface area contributed by atoms with Crippen LogP contribution in [0.15, 0.2) is 23.5 Å². The SMILES string of the molecule is CN1CCN(C2C3=C(CCCC3)Oc3c(Cl)cc(Cl)cc32)CC1. The molecule has 3 nitrogen and oxygen atoms in total. The Bertz CT molecular complexity index is 651. The zero-order chi connectivity index (χ0) is 16.0. The third kappa shape index (κ3) is 2.89. The number of allylic oxidation sites excluding steroid dienone is 1. The first-order valence-electron chi connectivity index (χ1n) is 8.45. The quantitative estimate of drug-likeness (QED) is 0.739. The van der Waals surface area contributed by atoms with Gasteiger partial charge >= 0.3 is 0 Å². The summed E-state index contributed by atoms with van der Waals surface area (Å²) < 4.78 is 6.22. The van der Waals surface area contributed by atoms with E-state index in [1.807, 2.05) is 6.07 Å². The lowest BCUT2D eigenvalue weighted by molar-refractivity contribution is 0.115. The van der Waals surface area contributed by atoms with Crippen molar-refractivity contribution in [2.75, 3.05) is 33.2 Å². The number of nitrogens with zero attached hydrogens (tertiary/aromatic N) is 2. The normalized spacial score (nSPS) is 25.8. The number of likely N-dealkylation sites (N-methyl/N-ethyl adjacent to an activating group) is 1. The molecule has 2 heterocycles. The summed E-state index contributed by atoms with van der Waals surface area (Å²) in [5.41, 5.74) is 2.60. The Balaban J connectivity index is 1.79. The minimum atomic E-state index is 0.277. The molecule has 1 atom stereocenters. The molecule has 0 N–H and O–H groups in total. The van der Waals surface area contributed by atoms with E-state index in [2.05, 4.69) is 16.8 Å². The van der Waals surface area contributed by atoms with Gasteiger partial charge in [0.25, 0.3) is 0 Å². The van der Waals surface area contributed by atoms with Gasteiger partial charge in [-0.2, -0.15) is 0 Å². The predicted molar refractivity (Wildman–Crippen MR) is 94.4 cm³/mol. The van der Waals surface area contributed by atoms with Crippen LogP contribution in [0.2, 0.25) is 10.0 Å². The third-order valence-electron chi connectivity index (χ3n) is 5.25. The number of ether oxygens (including phenoxy) is 1. The summed E-state index contributed by atoms with van der Waals surface area (Å²) in [6.07, 6.45) is 4.60. The Kier molecular flexibility index (Phi) is 4.31. The van der Waals surface area contributed by atoms with Crippen LogP contribution in [0.3, 0.4) is 0 Å². The molecule has 23 heavy (non-hydrogen) atoms. The molecule has 2 aliphatic heterocycles. The molecule has 0 radical (unpaired) electrons. The van der Waals surface area contributed by atoms with Crippen LogP contribution in [0.5, 0.6) is 5.75 Å². The van der Waals surface area contributed by atoms with Gasteiger partial charge in [0.2, 0.25) is 0 Å². The van der Waals surface area contributed by atoms with Crippen molar-refractivity contribution < 1.29 is 4.74 Å². The summed E-state index contributed by atoms with van der Waals surface area (Å²) >= 11 is 12.7. The van der Waals surface area contributed by atoms with Crippen molar-refractivity contribution >= 4 is 23.2 Å². The molecule has 4 rings (SSSR count). The zero-order valence-electron chi connectivity index (χ0n) is 13.4. The van der Waals surface area contributed by atoms with Crippen LogP contribution < -0.4 is 4.74 Å². The molecule has 1 aliphatic carbocycles. The summed E-state index contributed by atoms with van der Waals surface area (Å²) in [6, 6.07) is 4.11. The second-order valence-electron chi connectivity index (χ2n) is 6.81. The highest BCUT2D eigenvalue weighted by atomic mass is 35.5. The van der Waals surface area contributed by atoms with Gasteiger partial charge in [-0.1, -0.05) is 23.2 Å². The highest BCUT2D eigenvalue weighted by Gasteiger charge is 2.37. The molecule has 1 fully saturated rings. The van der Waals surface area contributed by atoms with Crippen molar-refractivity contribution in [2.45, 2.75) is 31.7 Å². The molecular weight excluding hydrogens is 331 g/mol. The number of fused-ring (bicyclic) bond motifs is 1. The molecule has 3 aliphatic rings. The van der Waals surface area contributed by atoms with Crippen LogP contribution >= 0.6 is 23.2 Å². The monoisotopic (exact) mass is 352 g/mol. The fourth-order valence-corrected chi connectivity index (χ4v) is 4.55. The van der Waals surface area contributed by atoms with Gasteiger partial charge in [-0.05, 0) is 44.0 Å². The maximum atomic E-state index is 6.45. The lowest BCUT2D eigenvalue weighted by Crippen LogP contribution is -2.47. The topological polar surface area (TPSA) is 15.7 Å². The summed E-state index contributed by atoms with van der Waals surface area (Å²) in [6.45, 7) is 4.34. The average Bonchev–Trinajstić information content (AvgIpc) is 2.54. The number of piperazine rings is 1. The second kappa shape index (κ2) is 6.29. The van der Waals surface area contributed by atoms with E-state index in [4.69, 9.17) is 27.9 Å². The summed E-state index contributed by atoms with van der Waals surface area (Å²) in [4.78, 5) is 4.96. The molecule has 0 amide bonds. The molecule has 0 bridgehead atoms.